The Bertz CT molecular complexity index is 736. The molecule has 0 saturated carbocycles. The standard InChI is InChI=1S/C14H8Cl2N6/c15-11-5-9(1-3-13(11)19-7-17)21-22-10-2-4-14(20-8-18)12(16)6-10/h1-6,19-20H. The van der Waals surface area contributed by atoms with Crippen LogP contribution in [0.2, 0.25) is 10.0 Å². The number of nitrogens with zero attached hydrogens (tertiary/aromatic N) is 4. The van der Waals surface area contributed by atoms with Crippen LogP contribution in [0.15, 0.2) is 46.6 Å². The molecule has 2 N–H and O–H groups in total. The number of nitriles is 2. The number of nitrogens with one attached hydrogen (secondary N) is 2. The third kappa shape index (κ3) is 3.86. The summed E-state index contributed by atoms with van der Waals surface area (Å²) in [5.74, 6) is 0. The van der Waals surface area contributed by atoms with Gasteiger partial charge in [0.05, 0.1) is 32.8 Å². The van der Waals surface area contributed by atoms with Crippen molar-refractivity contribution in [2.24, 2.45) is 10.2 Å². The molecule has 0 amide bonds. The minimum Gasteiger partial charge on any atom is -0.291 e. The second-order valence-corrected chi connectivity index (χ2v) is 4.82. The molecule has 8 heteroatoms. The highest BCUT2D eigenvalue weighted by Gasteiger charge is 2.02. The van der Waals surface area contributed by atoms with E-state index >= 15 is 0 Å². The molecule has 2 rings (SSSR count). The zero-order valence-corrected chi connectivity index (χ0v) is 12.5. The van der Waals surface area contributed by atoms with Crippen LogP contribution in [-0.4, -0.2) is 0 Å². The van der Waals surface area contributed by atoms with E-state index in [2.05, 4.69) is 20.9 Å². The number of benzene rings is 2. The van der Waals surface area contributed by atoms with Crippen molar-refractivity contribution in [2.75, 3.05) is 10.6 Å². The molecule has 6 nitrogen and oxygen atoms in total. The van der Waals surface area contributed by atoms with Crippen molar-refractivity contribution in [1.82, 2.24) is 0 Å². The first kappa shape index (κ1) is 15.6. The fraction of sp³-hybridized carbons (Fsp3) is 0. The predicted molar refractivity (Wildman–Crippen MR) is 85.6 cm³/mol. The Kier molecular flexibility index (Phi) is 5.16. The van der Waals surface area contributed by atoms with Gasteiger partial charge in [-0.25, -0.2) is 0 Å². The molecular weight excluding hydrogens is 323 g/mol. The highest BCUT2D eigenvalue weighted by Crippen LogP contribution is 2.30. The van der Waals surface area contributed by atoms with Crippen molar-refractivity contribution in [3.63, 3.8) is 0 Å². The van der Waals surface area contributed by atoms with Crippen LogP contribution in [-0.2, 0) is 0 Å². The van der Waals surface area contributed by atoms with Gasteiger partial charge in [-0.2, -0.15) is 20.8 Å². The molecule has 0 atom stereocenters. The van der Waals surface area contributed by atoms with E-state index in [-0.39, 0.29) is 0 Å². The van der Waals surface area contributed by atoms with Crippen LogP contribution in [0.5, 0.6) is 0 Å². The summed E-state index contributed by atoms with van der Waals surface area (Å²) in [5.41, 5.74) is 2.06. The van der Waals surface area contributed by atoms with Crippen LogP contribution in [0.1, 0.15) is 0 Å². The fourth-order valence-electron chi connectivity index (χ4n) is 1.57. The lowest BCUT2D eigenvalue weighted by Crippen LogP contribution is -1.87. The van der Waals surface area contributed by atoms with Crippen molar-refractivity contribution in [2.45, 2.75) is 0 Å². The van der Waals surface area contributed by atoms with Gasteiger partial charge in [-0.3, -0.25) is 10.6 Å². The van der Waals surface area contributed by atoms with Crippen LogP contribution < -0.4 is 10.6 Å². The monoisotopic (exact) mass is 330 g/mol. The normalized spacial score (nSPS) is 10.0. The Morgan fingerprint density at radius 1 is 0.773 bits per heavy atom. The molecule has 0 aromatic heterocycles. The van der Waals surface area contributed by atoms with Crippen LogP contribution >= 0.6 is 23.2 Å². The Labute approximate surface area is 136 Å². The molecule has 0 aliphatic heterocycles. The molecule has 2 aromatic rings. The summed E-state index contributed by atoms with van der Waals surface area (Å²) in [6, 6.07) is 9.76. The molecule has 0 aliphatic rings. The van der Waals surface area contributed by atoms with Gasteiger partial charge < -0.3 is 0 Å². The highest BCUT2D eigenvalue weighted by molar-refractivity contribution is 6.33. The lowest BCUT2D eigenvalue weighted by Gasteiger charge is -2.02. The van der Waals surface area contributed by atoms with Gasteiger partial charge in [-0.1, -0.05) is 23.2 Å². The molecule has 0 aliphatic carbocycles. The Morgan fingerprint density at radius 3 is 1.50 bits per heavy atom. The molecule has 0 spiro atoms. The Balaban J connectivity index is 2.19. The third-order valence-corrected chi connectivity index (χ3v) is 3.19. The molecule has 0 bridgehead atoms. The quantitative estimate of drug-likeness (QED) is 0.457. The van der Waals surface area contributed by atoms with Crippen molar-refractivity contribution < 1.29 is 0 Å². The maximum Gasteiger partial charge on any atom is 0.181 e. The smallest absolute Gasteiger partial charge is 0.181 e. The summed E-state index contributed by atoms with van der Waals surface area (Å²) in [6.07, 6.45) is 3.58. The fourth-order valence-corrected chi connectivity index (χ4v) is 2.02. The molecule has 0 saturated heterocycles. The minimum absolute atomic E-state index is 0.365. The van der Waals surface area contributed by atoms with Crippen LogP contribution in [0.25, 0.3) is 0 Å². The average Bonchev–Trinajstić information content (AvgIpc) is 2.50. The maximum atomic E-state index is 8.55. The Morgan fingerprint density at radius 2 is 1.18 bits per heavy atom. The van der Waals surface area contributed by atoms with Crippen molar-refractivity contribution in [1.29, 1.82) is 10.5 Å². The number of azo groups is 1. The first-order chi connectivity index (χ1) is 10.6. The van der Waals surface area contributed by atoms with Gasteiger partial charge in [0.15, 0.2) is 12.4 Å². The van der Waals surface area contributed by atoms with Gasteiger partial charge >= 0.3 is 0 Å². The van der Waals surface area contributed by atoms with Crippen LogP contribution in [0.3, 0.4) is 0 Å². The average molecular weight is 331 g/mol. The first-order valence-corrected chi connectivity index (χ1v) is 6.70. The number of rotatable bonds is 4. The third-order valence-electron chi connectivity index (χ3n) is 2.57. The maximum absolute atomic E-state index is 8.55. The summed E-state index contributed by atoms with van der Waals surface area (Å²) in [6.45, 7) is 0. The van der Waals surface area contributed by atoms with Gasteiger partial charge in [0.25, 0.3) is 0 Å². The molecule has 0 fully saturated rings. The van der Waals surface area contributed by atoms with E-state index in [1.54, 1.807) is 48.8 Å². The van der Waals surface area contributed by atoms with E-state index in [9.17, 15) is 0 Å². The molecule has 0 unspecified atom stereocenters. The van der Waals surface area contributed by atoms with E-state index in [0.29, 0.717) is 32.8 Å². The number of hydrogen-bond donors (Lipinski definition) is 2. The summed E-state index contributed by atoms with van der Waals surface area (Å²) in [4.78, 5) is 0. The van der Waals surface area contributed by atoms with Crippen molar-refractivity contribution >= 4 is 46.0 Å². The lowest BCUT2D eigenvalue weighted by atomic mass is 10.3. The zero-order valence-electron chi connectivity index (χ0n) is 11.0. The summed E-state index contributed by atoms with van der Waals surface area (Å²) < 4.78 is 0. The predicted octanol–water partition coefficient (Wildman–Crippen LogP) is 5.19. The Hall–Kier alpha value is -2.80. The number of anilines is 2. The molecule has 2 aromatic carbocycles. The topological polar surface area (TPSA) is 96.4 Å². The molecule has 0 radical (unpaired) electrons. The van der Waals surface area contributed by atoms with Gasteiger partial charge in [0, 0.05) is 0 Å². The first-order valence-electron chi connectivity index (χ1n) is 5.95. The van der Waals surface area contributed by atoms with Crippen molar-refractivity contribution in [3.8, 4) is 12.4 Å². The SMILES string of the molecule is N#CNc1ccc(N=Nc2ccc(NC#N)c(Cl)c2)cc1Cl. The van der Waals surface area contributed by atoms with E-state index in [4.69, 9.17) is 33.7 Å². The van der Waals surface area contributed by atoms with Crippen LogP contribution in [0.4, 0.5) is 22.7 Å². The molecule has 108 valence electrons. The summed E-state index contributed by atoms with van der Waals surface area (Å²) >= 11 is 12.0. The summed E-state index contributed by atoms with van der Waals surface area (Å²) in [7, 11) is 0. The van der Waals surface area contributed by atoms with Gasteiger partial charge in [0.1, 0.15) is 0 Å². The molecule has 0 heterocycles. The largest absolute Gasteiger partial charge is 0.291 e. The second-order valence-electron chi connectivity index (χ2n) is 4.00. The van der Waals surface area contributed by atoms with E-state index < -0.39 is 0 Å². The van der Waals surface area contributed by atoms with Crippen LogP contribution in [0, 0.1) is 22.9 Å². The van der Waals surface area contributed by atoms with E-state index in [1.807, 2.05) is 0 Å². The lowest BCUT2D eigenvalue weighted by molar-refractivity contribution is 1.23. The van der Waals surface area contributed by atoms with Gasteiger partial charge in [-0.15, -0.1) is 0 Å². The van der Waals surface area contributed by atoms with Gasteiger partial charge in [-0.05, 0) is 36.4 Å². The molecule has 22 heavy (non-hydrogen) atoms. The van der Waals surface area contributed by atoms with Crippen molar-refractivity contribution in [3.05, 3.63) is 46.4 Å². The number of halogens is 2. The van der Waals surface area contributed by atoms with E-state index in [1.165, 1.54) is 0 Å². The number of hydrogen-bond acceptors (Lipinski definition) is 6. The molecular formula is C14H8Cl2N6. The van der Waals surface area contributed by atoms with Gasteiger partial charge in [0.2, 0.25) is 0 Å². The minimum atomic E-state index is 0.365. The second kappa shape index (κ2) is 7.28. The summed E-state index contributed by atoms with van der Waals surface area (Å²) in [5, 5.41) is 30.8. The highest BCUT2D eigenvalue weighted by atomic mass is 35.5. The zero-order chi connectivity index (χ0) is 15.9. The van der Waals surface area contributed by atoms with E-state index in [0.717, 1.165) is 0 Å².